The highest BCUT2D eigenvalue weighted by molar-refractivity contribution is 6.83. The molecule has 0 aliphatic heterocycles. The second-order valence-electron chi connectivity index (χ2n) is 3.86. The van der Waals surface area contributed by atoms with Gasteiger partial charge in [-0.2, -0.15) is 0 Å². The molecule has 0 N–H and O–H groups in total. The lowest BCUT2D eigenvalue weighted by Crippen LogP contribution is -2.29. The molecular formula is C8H18N2Si. The number of hydrazine groups is 1. The highest BCUT2D eigenvalue weighted by Crippen LogP contribution is 1.96. The standard InChI is InChI=1S/C8H18N2Si/c1-9(2)10(3)7-8-11(4,5)6/h1-6H3. The topological polar surface area (TPSA) is 6.48 Å². The first-order valence-corrected chi connectivity index (χ1v) is 7.27. The Bertz CT molecular complexity index is 171. The molecule has 64 valence electrons. The smallest absolute Gasteiger partial charge is 0.131 e. The van der Waals surface area contributed by atoms with Gasteiger partial charge < -0.3 is 0 Å². The maximum atomic E-state index is 3.28. The molecule has 0 radical (unpaired) electrons. The number of hydrogen-bond donors (Lipinski definition) is 0. The Morgan fingerprint density at radius 2 is 1.45 bits per heavy atom. The van der Waals surface area contributed by atoms with Crippen molar-refractivity contribution in [1.82, 2.24) is 10.0 Å². The van der Waals surface area contributed by atoms with Crippen LogP contribution in [-0.2, 0) is 0 Å². The van der Waals surface area contributed by atoms with Crippen LogP contribution in [0.4, 0.5) is 0 Å². The van der Waals surface area contributed by atoms with E-state index in [0.717, 1.165) is 0 Å². The second kappa shape index (κ2) is 3.79. The van der Waals surface area contributed by atoms with Crippen molar-refractivity contribution in [1.29, 1.82) is 0 Å². The Balaban J connectivity index is 4.08. The minimum Gasteiger partial charge on any atom is -0.269 e. The zero-order valence-corrected chi connectivity index (χ0v) is 9.39. The average Bonchev–Trinajstić information content (AvgIpc) is 1.80. The fraction of sp³-hybridized carbons (Fsp3) is 0.750. The van der Waals surface area contributed by atoms with Crippen molar-refractivity contribution >= 4 is 8.07 Å². The lowest BCUT2D eigenvalue weighted by atomic mass is 10.9. The third-order valence-corrected chi connectivity index (χ3v) is 2.05. The van der Waals surface area contributed by atoms with E-state index in [2.05, 4.69) is 31.2 Å². The largest absolute Gasteiger partial charge is 0.269 e. The second-order valence-corrected chi connectivity index (χ2v) is 8.61. The van der Waals surface area contributed by atoms with Gasteiger partial charge in [-0.1, -0.05) is 19.6 Å². The fourth-order valence-electron chi connectivity index (χ4n) is 0.349. The van der Waals surface area contributed by atoms with Gasteiger partial charge in [-0.3, -0.25) is 5.01 Å². The van der Waals surface area contributed by atoms with Gasteiger partial charge in [0.05, 0.1) is 0 Å². The summed E-state index contributed by atoms with van der Waals surface area (Å²) in [5.41, 5.74) is 3.28. The van der Waals surface area contributed by atoms with Crippen LogP contribution in [0.2, 0.25) is 19.6 Å². The van der Waals surface area contributed by atoms with Gasteiger partial charge in [0.15, 0.2) is 0 Å². The van der Waals surface area contributed by atoms with E-state index < -0.39 is 8.07 Å². The van der Waals surface area contributed by atoms with Gasteiger partial charge >= 0.3 is 0 Å². The minimum absolute atomic E-state index is 1.20. The molecule has 3 heteroatoms. The number of hydrogen-bond acceptors (Lipinski definition) is 2. The molecule has 0 rings (SSSR count). The Labute approximate surface area is 71.2 Å². The summed E-state index contributed by atoms with van der Waals surface area (Å²) in [6.07, 6.45) is 0. The Morgan fingerprint density at radius 1 is 1.00 bits per heavy atom. The molecule has 0 aliphatic rings. The molecule has 2 nitrogen and oxygen atoms in total. The summed E-state index contributed by atoms with van der Waals surface area (Å²) in [5.74, 6) is 0. The highest BCUT2D eigenvalue weighted by atomic mass is 28.3. The predicted molar refractivity (Wildman–Crippen MR) is 52.6 cm³/mol. The van der Waals surface area contributed by atoms with Crippen molar-refractivity contribution in [3.05, 3.63) is 0 Å². The van der Waals surface area contributed by atoms with E-state index in [1.807, 2.05) is 31.2 Å². The summed E-state index contributed by atoms with van der Waals surface area (Å²) >= 11 is 0. The molecular weight excluding hydrogens is 152 g/mol. The minimum atomic E-state index is -1.20. The molecule has 0 saturated carbocycles. The summed E-state index contributed by atoms with van der Waals surface area (Å²) in [4.78, 5) is 0. The Morgan fingerprint density at radius 3 is 1.73 bits per heavy atom. The monoisotopic (exact) mass is 170 g/mol. The molecule has 0 heterocycles. The molecule has 0 aromatic rings. The van der Waals surface area contributed by atoms with Crippen LogP contribution in [0.25, 0.3) is 0 Å². The van der Waals surface area contributed by atoms with Gasteiger partial charge in [0.25, 0.3) is 0 Å². The molecule has 11 heavy (non-hydrogen) atoms. The summed E-state index contributed by atoms with van der Waals surface area (Å²) in [6, 6.07) is 3.09. The van der Waals surface area contributed by atoms with Crippen LogP contribution in [0.1, 0.15) is 0 Å². The van der Waals surface area contributed by atoms with Crippen LogP contribution in [0.3, 0.4) is 0 Å². The fourth-order valence-corrected chi connectivity index (χ4v) is 0.846. The quantitative estimate of drug-likeness (QED) is 0.253. The summed E-state index contributed by atoms with van der Waals surface area (Å²) in [6.45, 7) is 6.72. The van der Waals surface area contributed by atoms with Crippen LogP contribution in [0.5, 0.6) is 0 Å². The molecule has 0 saturated heterocycles. The number of nitrogens with zero attached hydrogens (tertiary/aromatic N) is 2. The number of rotatable bonds is 1. The summed E-state index contributed by atoms with van der Waals surface area (Å²) < 4.78 is 0. The lowest BCUT2D eigenvalue weighted by molar-refractivity contribution is 0.130. The van der Waals surface area contributed by atoms with E-state index in [0.29, 0.717) is 0 Å². The van der Waals surface area contributed by atoms with Crippen LogP contribution in [-0.4, -0.2) is 39.2 Å². The third kappa shape index (κ3) is 5.96. The van der Waals surface area contributed by atoms with Crippen molar-refractivity contribution in [3.63, 3.8) is 0 Å². The SMILES string of the molecule is CN(C)N(C)C#C[Si](C)(C)C. The maximum Gasteiger partial charge on any atom is 0.131 e. The molecule has 0 amide bonds. The molecule has 0 bridgehead atoms. The van der Waals surface area contributed by atoms with E-state index in [9.17, 15) is 0 Å². The zero-order valence-electron chi connectivity index (χ0n) is 8.39. The highest BCUT2D eigenvalue weighted by Gasteiger charge is 2.07. The van der Waals surface area contributed by atoms with Crippen LogP contribution >= 0.6 is 0 Å². The summed E-state index contributed by atoms with van der Waals surface area (Å²) in [7, 11) is 4.74. The van der Waals surface area contributed by atoms with Gasteiger partial charge in [0, 0.05) is 27.2 Å². The Kier molecular flexibility index (Phi) is 3.63. The van der Waals surface area contributed by atoms with Crippen LogP contribution < -0.4 is 0 Å². The van der Waals surface area contributed by atoms with Crippen LogP contribution in [0, 0.1) is 11.6 Å². The molecule has 0 unspecified atom stereocenters. The first kappa shape index (κ1) is 10.5. The molecule has 0 atom stereocenters. The molecule has 0 fully saturated rings. The van der Waals surface area contributed by atoms with Gasteiger partial charge in [-0.15, -0.1) is 5.54 Å². The van der Waals surface area contributed by atoms with Gasteiger partial charge in [-0.05, 0) is 0 Å². The van der Waals surface area contributed by atoms with E-state index in [1.54, 1.807) is 0 Å². The first-order valence-electron chi connectivity index (χ1n) is 3.77. The Hall–Kier alpha value is -0.463. The van der Waals surface area contributed by atoms with E-state index in [1.165, 1.54) is 0 Å². The molecule has 0 aliphatic carbocycles. The normalized spacial score (nSPS) is 10.8. The van der Waals surface area contributed by atoms with Crippen molar-refractivity contribution in [2.45, 2.75) is 19.6 Å². The average molecular weight is 170 g/mol. The van der Waals surface area contributed by atoms with E-state index in [4.69, 9.17) is 0 Å². The third-order valence-electron chi connectivity index (χ3n) is 1.19. The van der Waals surface area contributed by atoms with Crippen molar-refractivity contribution in [3.8, 4) is 11.6 Å². The lowest BCUT2D eigenvalue weighted by Gasteiger charge is -2.19. The maximum absolute atomic E-state index is 3.28. The first-order chi connectivity index (χ1) is 4.83. The molecule has 0 spiro atoms. The van der Waals surface area contributed by atoms with Gasteiger partial charge in [0.2, 0.25) is 0 Å². The van der Waals surface area contributed by atoms with Crippen molar-refractivity contribution in [2.24, 2.45) is 0 Å². The molecule has 0 aromatic carbocycles. The van der Waals surface area contributed by atoms with Gasteiger partial charge in [0.1, 0.15) is 8.07 Å². The van der Waals surface area contributed by atoms with Gasteiger partial charge in [-0.25, -0.2) is 5.01 Å². The van der Waals surface area contributed by atoms with Crippen LogP contribution in [0.15, 0.2) is 0 Å². The van der Waals surface area contributed by atoms with Crippen molar-refractivity contribution in [2.75, 3.05) is 21.1 Å². The summed E-state index contributed by atoms with van der Waals surface area (Å²) in [5, 5.41) is 3.87. The molecule has 0 aromatic heterocycles. The predicted octanol–water partition coefficient (Wildman–Crippen LogP) is 1.23. The zero-order chi connectivity index (χ0) is 9.07. The van der Waals surface area contributed by atoms with E-state index in [-0.39, 0.29) is 0 Å². The van der Waals surface area contributed by atoms with Crippen molar-refractivity contribution < 1.29 is 0 Å². The van der Waals surface area contributed by atoms with E-state index >= 15 is 0 Å².